The summed E-state index contributed by atoms with van der Waals surface area (Å²) in [5, 5.41) is 1.73. The van der Waals surface area contributed by atoms with Crippen LogP contribution < -0.4 is 11.3 Å². The lowest BCUT2D eigenvalue weighted by molar-refractivity contribution is 0.590. The molecular formula is C18H20N4OS. The van der Waals surface area contributed by atoms with Gasteiger partial charge < -0.3 is 5.73 Å². The second kappa shape index (κ2) is 5.87. The van der Waals surface area contributed by atoms with E-state index in [9.17, 15) is 4.79 Å². The summed E-state index contributed by atoms with van der Waals surface area (Å²) in [4.78, 5) is 22.0. The van der Waals surface area contributed by atoms with E-state index >= 15 is 0 Å². The molecule has 0 amide bonds. The molecular weight excluding hydrogens is 320 g/mol. The summed E-state index contributed by atoms with van der Waals surface area (Å²) >= 11 is 1.35. The van der Waals surface area contributed by atoms with Crippen LogP contribution in [0, 0.1) is 0 Å². The fraction of sp³-hybridized carbons (Fsp3) is 0.278. The Morgan fingerprint density at radius 3 is 2.50 bits per heavy atom. The number of anilines is 1. The summed E-state index contributed by atoms with van der Waals surface area (Å²) in [7, 11) is 1.64. The zero-order chi connectivity index (χ0) is 17.5. The van der Waals surface area contributed by atoms with E-state index in [-0.39, 0.29) is 11.0 Å². The first-order valence-corrected chi connectivity index (χ1v) is 8.53. The van der Waals surface area contributed by atoms with Gasteiger partial charge in [-0.05, 0) is 11.0 Å². The van der Waals surface area contributed by atoms with Crippen molar-refractivity contribution in [1.82, 2.24) is 9.38 Å². The lowest BCUT2D eigenvalue weighted by Gasteiger charge is -2.19. The van der Waals surface area contributed by atoms with Gasteiger partial charge in [0.1, 0.15) is 5.82 Å². The van der Waals surface area contributed by atoms with E-state index in [0.29, 0.717) is 22.0 Å². The summed E-state index contributed by atoms with van der Waals surface area (Å²) in [6.07, 6.45) is 1.55. The average molecular weight is 340 g/mol. The van der Waals surface area contributed by atoms with Gasteiger partial charge in [-0.1, -0.05) is 45.0 Å². The topological polar surface area (TPSA) is 72.8 Å². The minimum Gasteiger partial charge on any atom is -0.384 e. The highest BCUT2D eigenvalue weighted by Gasteiger charge is 2.17. The van der Waals surface area contributed by atoms with Crippen LogP contribution in [0.2, 0.25) is 0 Å². The molecule has 2 N–H and O–H groups in total. The van der Waals surface area contributed by atoms with Gasteiger partial charge in [-0.15, -0.1) is 11.3 Å². The molecule has 0 aliphatic carbocycles. The molecule has 0 saturated heterocycles. The normalized spacial score (nSPS) is 12.3. The molecule has 0 atom stereocenters. The fourth-order valence-electron chi connectivity index (χ4n) is 2.58. The Labute approximate surface area is 144 Å². The SMILES string of the molecule is CN=Cc1c(-c2ccc(C(C)(C)C)cc2)nc2scc(N)n2c1=O. The molecule has 0 saturated carbocycles. The van der Waals surface area contributed by atoms with E-state index in [1.54, 1.807) is 18.6 Å². The van der Waals surface area contributed by atoms with E-state index < -0.39 is 0 Å². The first-order chi connectivity index (χ1) is 11.3. The Bertz CT molecular complexity index is 975. The van der Waals surface area contributed by atoms with Crippen LogP contribution in [0.5, 0.6) is 0 Å². The largest absolute Gasteiger partial charge is 0.384 e. The smallest absolute Gasteiger partial charge is 0.269 e. The molecule has 6 heteroatoms. The zero-order valence-electron chi connectivity index (χ0n) is 14.2. The third kappa shape index (κ3) is 2.73. The quantitative estimate of drug-likeness (QED) is 0.727. The van der Waals surface area contributed by atoms with Crippen molar-refractivity contribution < 1.29 is 0 Å². The number of nitrogens with two attached hydrogens (primary N) is 1. The Kier molecular flexibility index (Phi) is 4.01. The van der Waals surface area contributed by atoms with E-state index in [1.807, 2.05) is 12.1 Å². The van der Waals surface area contributed by atoms with Crippen molar-refractivity contribution in [3.05, 3.63) is 51.1 Å². The van der Waals surface area contributed by atoms with Gasteiger partial charge in [0.05, 0.1) is 11.3 Å². The molecule has 0 aliphatic heterocycles. The average Bonchev–Trinajstić information content (AvgIpc) is 2.91. The number of aliphatic imine (C=N–C) groups is 1. The number of hydrogen-bond acceptors (Lipinski definition) is 5. The second-order valence-electron chi connectivity index (χ2n) is 6.67. The molecule has 5 nitrogen and oxygen atoms in total. The maximum Gasteiger partial charge on any atom is 0.269 e. The second-order valence-corrected chi connectivity index (χ2v) is 7.51. The van der Waals surface area contributed by atoms with Crippen molar-refractivity contribution in [3.8, 4) is 11.3 Å². The number of fused-ring (bicyclic) bond motifs is 1. The highest BCUT2D eigenvalue weighted by molar-refractivity contribution is 7.15. The summed E-state index contributed by atoms with van der Waals surface area (Å²) in [6, 6.07) is 8.16. The standard InChI is InChI=1S/C18H20N4OS/c1-18(2,3)12-7-5-11(6-8-12)15-13(9-20-4)16(23)22-14(19)10-24-17(22)21-15/h5-10H,19H2,1-4H3. The maximum absolute atomic E-state index is 12.8. The van der Waals surface area contributed by atoms with E-state index in [0.717, 1.165) is 5.56 Å². The van der Waals surface area contributed by atoms with Crippen molar-refractivity contribution in [2.45, 2.75) is 26.2 Å². The van der Waals surface area contributed by atoms with Gasteiger partial charge in [0.2, 0.25) is 0 Å². The Morgan fingerprint density at radius 1 is 1.25 bits per heavy atom. The van der Waals surface area contributed by atoms with Crippen LogP contribution in [-0.2, 0) is 5.41 Å². The Balaban J connectivity index is 2.25. The molecule has 24 heavy (non-hydrogen) atoms. The molecule has 2 heterocycles. The van der Waals surface area contributed by atoms with Gasteiger partial charge in [-0.25, -0.2) is 9.38 Å². The van der Waals surface area contributed by atoms with Crippen LogP contribution in [0.25, 0.3) is 16.2 Å². The number of nitrogen functional groups attached to an aromatic ring is 1. The minimum absolute atomic E-state index is 0.0748. The molecule has 3 rings (SSSR count). The van der Waals surface area contributed by atoms with Gasteiger partial charge in [-0.3, -0.25) is 9.79 Å². The summed E-state index contributed by atoms with van der Waals surface area (Å²) in [5.41, 5.74) is 8.97. The Hall–Kier alpha value is -2.47. The lowest BCUT2D eigenvalue weighted by Crippen LogP contribution is -2.21. The van der Waals surface area contributed by atoms with Gasteiger partial charge in [0.25, 0.3) is 5.56 Å². The van der Waals surface area contributed by atoms with Crippen LogP contribution in [-0.4, -0.2) is 22.6 Å². The highest BCUT2D eigenvalue weighted by atomic mass is 32.1. The van der Waals surface area contributed by atoms with Gasteiger partial charge in [-0.2, -0.15) is 0 Å². The third-order valence-corrected chi connectivity index (χ3v) is 4.76. The summed E-state index contributed by atoms with van der Waals surface area (Å²) < 4.78 is 1.43. The molecule has 0 unspecified atom stereocenters. The number of rotatable bonds is 2. The summed E-state index contributed by atoms with van der Waals surface area (Å²) in [6.45, 7) is 6.51. The minimum atomic E-state index is -0.195. The molecule has 3 aromatic rings. The molecule has 0 bridgehead atoms. The monoisotopic (exact) mass is 340 g/mol. The third-order valence-electron chi connectivity index (χ3n) is 3.91. The predicted octanol–water partition coefficient (Wildman–Crippen LogP) is 3.35. The van der Waals surface area contributed by atoms with Crippen molar-refractivity contribution in [2.24, 2.45) is 4.99 Å². The van der Waals surface area contributed by atoms with E-state index in [4.69, 9.17) is 5.73 Å². The van der Waals surface area contributed by atoms with Crippen LogP contribution in [0.15, 0.2) is 39.4 Å². The number of hydrogen-bond donors (Lipinski definition) is 1. The zero-order valence-corrected chi connectivity index (χ0v) is 15.0. The Morgan fingerprint density at radius 2 is 1.92 bits per heavy atom. The summed E-state index contributed by atoms with van der Waals surface area (Å²) in [5.74, 6) is 0.396. The molecule has 124 valence electrons. The number of nitrogens with zero attached hydrogens (tertiary/aromatic N) is 3. The van der Waals surface area contributed by atoms with E-state index in [1.165, 1.54) is 21.3 Å². The van der Waals surface area contributed by atoms with Crippen LogP contribution >= 0.6 is 11.3 Å². The highest BCUT2D eigenvalue weighted by Crippen LogP contribution is 2.27. The molecule has 0 aliphatic rings. The van der Waals surface area contributed by atoms with Gasteiger partial charge >= 0.3 is 0 Å². The molecule has 1 aromatic carbocycles. The van der Waals surface area contributed by atoms with Crippen molar-refractivity contribution in [2.75, 3.05) is 12.8 Å². The van der Waals surface area contributed by atoms with Crippen molar-refractivity contribution >= 4 is 28.3 Å². The number of aromatic nitrogens is 2. The van der Waals surface area contributed by atoms with Crippen molar-refractivity contribution in [3.63, 3.8) is 0 Å². The van der Waals surface area contributed by atoms with Crippen LogP contribution in [0.3, 0.4) is 0 Å². The fourth-order valence-corrected chi connectivity index (χ4v) is 3.35. The first-order valence-electron chi connectivity index (χ1n) is 7.65. The molecule has 0 radical (unpaired) electrons. The van der Waals surface area contributed by atoms with Crippen LogP contribution in [0.1, 0.15) is 31.9 Å². The molecule has 0 spiro atoms. The maximum atomic E-state index is 12.8. The predicted molar refractivity (Wildman–Crippen MR) is 101 cm³/mol. The lowest BCUT2D eigenvalue weighted by atomic mass is 9.86. The molecule has 2 aromatic heterocycles. The van der Waals surface area contributed by atoms with Crippen molar-refractivity contribution in [1.29, 1.82) is 0 Å². The number of benzene rings is 1. The number of thiazole rings is 1. The van der Waals surface area contributed by atoms with Crippen LogP contribution in [0.4, 0.5) is 5.82 Å². The van der Waals surface area contributed by atoms with Gasteiger partial charge in [0, 0.05) is 24.2 Å². The first kappa shape index (κ1) is 16.4. The molecule has 0 fully saturated rings. The van der Waals surface area contributed by atoms with E-state index in [2.05, 4.69) is 42.9 Å². The van der Waals surface area contributed by atoms with Gasteiger partial charge in [0.15, 0.2) is 4.96 Å².